The number of halogens is 2. The second-order valence-electron chi connectivity index (χ2n) is 11.2. The summed E-state index contributed by atoms with van der Waals surface area (Å²) in [6.07, 6.45) is 12.0. The van der Waals surface area contributed by atoms with E-state index in [-0.39, 0.29) is 6.42 Å². The molecule has 0 radical (unpaired) electrons. The first-order valence-electron chi connectivity index (χ1n) is 12.1. The predicted molar refractivity (Wildman–Crippen MR) is 122 cm³/mol. The molecule has 0 heterocycles. The van der Waals surface area contributed by atoms with Crippen molar-refractivity contribution in [3.05, 3.63) is 35.5 Å². The van der Waals surface area contributed by atoms with Crippen molar-refractivity contribution in [3.8, 4) is 0 Å². The van der Waals surface area contributed by atoms with Crippen LogP contribution in [0.1, 0.15) is 91.9 Å². The Bertz CT molecular complexity index is 685. The average molecular weight is 421 g/mol. The number of aliphatic hydroxyl groups is 1. The lowest BCUT2D eigenvalue weighted by Crippen LogP contribution is -2.36. The molecule has 3 fully saturated rings. The van der Waals surface area contributed by atoms with Gasteiger partial charge in [0.1, 0.15) is 11.8 Å². The zero-order valence-electron chi connectivity index (χ0n) is 19.5. The molecule has 0 aromatic heterocycles. The maximum absolute atomic E-state index is 14.1. The van der Waals surface area contributed by atoms with E-state index in [1.54, 1.807) is 13.8 Å². The van der Waals surface area contributed by atoms with Crippen LogP contribution in [0.5, 0.6) is 0 Å². The van der Waals surface area contributed by atoms with E-state index in [0.29, 0.717) is 41.6 Å². The maximum atomic E-state index is 14.1. The lowest BCUT2D eigenvalue weighted by molar-refractivity contribution is 0.0903. The fourth-order valence-corrected chi connectivity index (χ4v) is 6.69. The first kappa shape index (κ1) is 23.7. The second kappa shape index (κ2) is 9.27. The topological polar surface area (TPSA) is 20.2 Å². The number of rotatable bonds is 6. The van der Waals surface area contributed by atoms with Gasteiger partial charge in [-0.05, 0) is 93.1 Å². The van der Waals surface area contributed by atoms with Gasteiger partial charge in [0, 0.05) is 6.42 Å². The van der Waals surface area contributed by atoms with Gasteiger partial charge in [0.25, 0.3) is 0 Å². The predicted octanol–water partition coefficient (Wildman–Crippen LogP) is 7.66. The lowest BCUT2D eigenvalue weighted by Gasteiger charge is -2.44. The summed E-state index contributed by atoms with van der Waals surface area (Å²) in [5.74, 6) is 1.92. The number of aliphatic hydroxyl groups excluding tert-OH is 1. The highest BCUT2D eigenvalue weighted by molar-refractivity contribution is 5.38. The quantitative estimate of drug-likeness (QED) is 0.467. The SMILES string of the molecule is C=C1/C(=C/C=C2\CCC[C@]3(C)[C@@H]([C@H](C)CCCC(C)(C)F)CC[C@@H]23)C[C@@H](O)C[C@@H]1F. The minimum Gasteiger partial charge on any atom is -0.393 e. The Morgan fingerprint density at radius 2 is 2.03 bits per heavy atom. The summed E-state index contributed by atoms with van der Waals surface area (Å²) in [4.78, 5) is 0. The summed E-state index contributed by atoms with van der Waals surface area (Å²) >= 11 is 0. The van der Waals surface area contributed by atoms with Crippen LogP contribution in [0.15, 0.2) is 35.5 Å². The Labute approximate surface area is 182 Å². The van der Waals surface area contributed by atoms with Gasteiger partial charge in [-0.2, -0.15) is 0 Å². The van der Waals surface area contributed by atoms with Crippen LogP contribution in [0.2, 0.25) is 0 Å². The van der Waals surface area contributed by atoms with Crippen molar-refractivity contribution in [2.24, 2.45) is 23.2 Å². The summed E-state index contributed by atoms with van der Waals surface area (Å²) in [7, 11) is 0. The van der Waals surface area contributed by atoms with Crippen LogP contribution >= 0.6 is 0 Å². The van der Waals surface area contributed by atoms with Crippen LogP contribution in [0.25, 0.3) is 0 Å². The van der Waals surface area contributed by atoms with Crippen molar-refractivity contribution in [2.45, 2.75) is 110 Å². The van der Waals surface area contributed by atoms with Crippen LogP contribution in [0.3, 0.4) is 0 Å². The minimum absolute atomic E-state index is 0.173. The van der Waals surface area contributed by atoms with Crippen molar-refractivity contribution in [3.63, 3.8) is 0 Å². The molecule has 3 aliphatic rings. The zero-order chi connectivity index (χ0) is 22.1. The molecule has 3 saturated carbocycles. The third-order valence-corrected chi connectivity index (χ3v) is 8.38. The summed E-state index contributed by atoms with van der Waals surface area (Å²) in [6.45, 7) is 12.1. The van der Waals surface area contributed by atoms with E-state index in [4.69, 9.17) is 0 Å². The Morgan fingerprint density at radius 1 is 1.30 bits per heavy atom. The van der Waals surface area contributed by atoms with Crippen LogP contribution in [0, 0.1) is 23.2 Å². The van der Waals surface area contributed by atoms with E-state index in [1.807, 2.05) is 6.08 Å². The van der Waals surface area contributed by atoms with Gasteiger partial charge >= 0.3 is 0 Å². The molecule has 3 rings (SSSR count). The molecule has 1 nitrogen and oxygen atoms in total. The van der Waals surface area contributed by atoms with E-state index < -0.39 is 17.9 Å². The molecular formula is C27H42F2O. The average Bonchev–Trinajstić information content (AvgIpc) is 3.00. The van der Waals surface area contributed by atoms with E-state index in [9.17, 15) is 13.9 Å². The van der Waals surface area contributed by atoms with Crippen LogP contribution in [-0.2, 0) is 0 Å². The van der Waals surface area contributed by atoms with Gasteiger partial charge in [-0.3, -0.25) is 0 Å². The fraction of sp³-hybridized carbons (Fsp3) is 0.778. The second-order valence-corrected chi connectivity index (χ2v) is 11.2. The number of alkyl halides is 2. The molecule has 0 unspecified atom stereocenters. The molecule has 6 atom stereocenters. The molecule has 0 amide bonds. The number of allylic oxidation sites excluding steroid dienone is 4. The first-order valence-corrected chi connectivity index (χ1v) is 12.1. The van der Waals surface area contributed by atoms with E-state index >= 15 is 0 Å². The van der Waals surface area contributed by atoms with E-state index in [0.717, 1.165) is 24.8 Å². The molecule has 170 valence electrons. The normalized spacial score (nSPS) is 38.8. The first-order chi connectivity index (χ1) is 14.0. The summed E-state index contributed by atoms with van der Waals surface area (Å²) in [5.41, 5.74) is 2.17. The van der Waals surface area contributed by atoms with E-state index in [1.165, 1.54) is 31.3 Å². The van der Waals surface area contributed by atoms with E-state index in [2.05, 4.69) is 26.5 Å². The molecule has 1 N–H and O–H groups in total. The minimum atomic E-state index is -1.12. The third kappa shape index (κ3) is 5.26. The fourth-order valence-electron chi connectivity index (χ4n) is 6.69. The lowest BCUT2D eigenvalue weighted by atomic mass is 9.60. The van der Waals surface area contributed by atoms with Gasteiger partial charge in [0.15, 0.2) is 0 Å². The monoisotopic (exact) mass is 420 g/mol. The van der Waals surface area contributed by atoms with Crippen molar-refractivity contribution < 1.29 is 13.9 Å². The Balaban J connectivity index is 1.70. The van der Waals surface area contributed by atoms with Crippen LogP contribution in [-0.4, -0.2) is 23.1 Å². The van der Waals surface area contributed by atoms with Crippen molar-refractivity contribution in [2.75, 3.05) is 0 Å². The maximum Gasteiger partial charge on any atom is 0.127 e. The van der Waals surface area contributed by atoms with Gasteiger partial charge in [-0.15, -0.1) is 0 Å². The van der Waals surface area contributed by atoms with Gasteiger partial charge in [-0.25, -0.2) is 8.78 Å². The van der Waals surface area contributed by atoms with Gasteiger partial charge in [-0.1, -0.05) is 51.0 Å². The molecule has 0 aromatic carbocycles. The van der Waals surface area contributed by atoms with Crippen molar-refractivity contribution in [1.82, 2.24) is 0 Å². The Morgan fingerprint density at radius 3 is 2.73 bits per heavy atom. The van der Waals surface area contributed by atoms with Crippen molar-refractivity contribution in [1.29, 1.82) is 0 Å². The molecule has 0 saturated heterocycles. The number of hydrogen-bond donors (Lipinski definition) is 1. The zero-order valence-corrected chi connectivity index (χ0v) is 19.5. The molecule has 3 heteroatoms. The highest BCUT2D eigenvalue weighted by atomic mass is 19.1. The standard InChI is InChI=1S/C27H42F2O/c1-18(8-6-14-26(3,4)29)23-12-13-24-20(9-7-15-27(23,24)5)10-11-21-16-22(30)17-25(28)19(21)2/h10-11,18,22-25,30H,2,6-9,12-17H2,1,3-5H3/b20-10+,21-11+/t18-,22-,23-,24+,25+,27-/m1/s1. The summed E-state index contributed by atoms with van der Waals surface area (Å²) < 4.78 is 28.0. The molecular weight excluding hydrogens is 378 g/mol. The molecule has 3 aliphatic carbocycles. The van der Waals surface area contributed by atoms with Crippen molar-refractivity contribution >= 4 is 0 Å². The van der Waals surface area contributed by atoms with Crippen LogP contribution in [0.4, 0.5) is 8.78 Å². The summed E-state index contributed by atoms with van der Waals surface area (Å²) in [6, 6.07) is 0. The van der Waals surface area contributed by atoms with Crippen LogP contribution < -0.4 is 0 Å². The molecule has 0 aliphatic heterocycles. The van der Waals surface area contributed by atoms with Gasteiger partial charge < -0.3 is 5.11 Å². The smallest absolute Gasteiger partial charge is 0.127 e. The van der Waals surface area contributed by atoms with Gasteiger partial charge in [0.2, 0.25) is 0 Å². The largest absolute Gasteiger partial charge is 0.393 e. The highest BCUT2D eigenvalue weighted by Gasteiger charge is 2.50. The Hall–Kier alpha value is -0.960. The highest BCUT2D eigenvalue weighted by Crippen LogP contribution is 2.60. The Kier molecular flexibility index (Phi) is 7.32. The van der Waals surface area contributed by atoms with Gasteiger partial charge in [0.05, 0.1) is 6.10 Å². The molecule has 30 heavy (non-hydrogen) atoms. The molecule has 0 aromatic rings. The number of fused-ring (bicyclic) bond motifs is 1. The molecule has 0 spiro atoms. The summed E-state index contributed by atoms with van der Waals surface area (Å²) in [5, 5.41) is 9.95. The number of hydrogen-bond acceptors (Lipinski definition) is 1. The third-order valence-electron chi connectivity index (χ3n) is 8.38. The molecule has 0 bridgehead atoms.